The molecule has 5 unspecified atom stereocenters. The van der Waals surface area contributed by atoms with E-state index in [4.69, 9.17) is 21.1 Å². The molecule has 0 saturated carbocycles. The molecule has 9 heterocycles. The van der Waals surface area contributed by atoms with Crippen LogP contribution in [0.2, 0.25) is 6.82 Å². The third kappa shape index (κ3) is 23.7. The Balaban J connectivity index is -0.000000138. The van der Waals surface area contributed by atoms with Gasteiger partial charge in [-0.25, -0.2) is 4.79 Å². The van der Waals surface area contributed by atoms with Crippen LogP contribution in [0.3, 0.4) is 0 Å². The quantitative estimate of drug-likeness (QED) is 0.0210. The minimum atomic E-state index is -1.17. The number of amides is 3. The van der Waals surface area contributed by atoms with Crippen molar-refractivity contribution in [1.29, 1.82) is 0 Å². The number of nitrogens with zero attached hydrogens (tertiary/aromatic N) is 6. The van der Waals surface area contributed by atoms with Crippen molar-refractivity contribution in [2.45, 2.75) is 109 Å². The number of nitrogens with one attached hydrogen (secondary N) is 4. The zero-order chi connectivity index (χ0) is 72.9. The van der Waals surface area contributed by atoms with E-state index in [1.165, 1.54) is 43.9 Å². The molecule has 4 saturated heterocycles. The molecule has 5 aromatic heterocycles. The number of benzene rings is 5. The number of aromatic amines is 2. The number of carbonyl (C=O) groups excluding carboxylic acids is 6. The van der Waals surface area contributed by atoms with Gasteiger partial charge in [0, 0.05) is 212 Å². The molecular weight excluding hydrogens is 1590 g/mol. The number of carbonyl (C=O) groups is 5. The number of aromatic nitrogens is 5. The van der Waals surface area contributed by atoms with Gasteiger partial charge >= 0.3 is 13.1 Å². The molecule has 4 aliphatic rings. The van der Waals surface area contributed by atoms with E-state index in [0.717, 1.165) is 149 Å². The fourth-order valence-corrected chi connectivity index (χ4v) is 14.2. The molecule has 0 bridgehead atoms. The Hall–Kier alpha value is -5.18. The van der Waals surface area contributed by atoms with Crippen LogP contribution < -0.4 is 10.6 Å². The van der Waals surface area contributed by atoms with E-state index in [9.17, 15) is 33.6 Å². The van der Waals surface area contributed by atoms with Gasteiger partial charge in [0.15, 0.2) is 17.3 Å². The van der Waals surface area contributed by atoms with Crippen molar-refractivity contribution in [3.05, 3.63) is 176 Å². The van der Waals surface area contributed by atoms with Crippen LogP contribution in [0.4, 0.5) is 0 Å². The number of likely N-dealkylation sites (tertiary alicyclic amines) is 3. The van der Waals surface area contributed by atoms with Crippen LogP contribution in [0.15, 0.2) is 122 Å². The number of rotatable bonds is 11. The van der Waals surface area contributed by atoms with Crippen LogP contribution in [0, 0.1) is 43.1 Å². The molecule has 4 aliphatic heterocycles. The van der Waals surface area contributed by atoms with Gasteiger partial charge in [-0.1, -0.05) is 22.3 Å². The van der Waals surface area contributed by atoms with Crippen LogP contribution in [0.1, 0.15) is 157 Å². The zero-order valence-electron chi connectivity index (χ0n) is 59.9. The number of carboxylic acids is 1. The zero-order valence-corrected chi connectivity index (χ0v) is 67.2. The monoisotopic (exact) mass is 1710 g/mol. The van der Waals surface area contributed by atoms with Gasteiger partial charge in [-0.05, 0) is 283 Å². The Bertz CT molecular complexity index is 4260. The number of aryl methyl sites for hydroxylation is 4. The molecule has 2 radical (unpaired) electrons. The van der Waals surface area contributed by atoms with Crippen LogP contribution >= 0.6 is 50.8 Å². The Morgan fingerprint density at radius 2 is 0.980 bits per heavy atom. The Morgan fingerprint density at radius 3 is 1.42 bits per heavy atom. The molecule has 27 heteroatoms. The van der Waals surface area contributed by atoms with E-state index in [-0.39, 0.29) is 125 Å². The summed E-state index contributed by atoms with van der Waals surface area (Å²) < 4.78 is 27.1. The molecule has 14 rings (SSSR count). The fraction of sp³-hybridized carbons (Fsp3) is 0.356. The summed E-state index contributed by atoms with van der Waals surface area (Å²) in [6.07, 6.45) is 17.3. The summed E-state index contributed by atoms with van der Waals surface area (Å²) in [7, 11) is 6.68. The number of Topliss-reactive ketones (excluding diaryl/α,β-unsaturated/α-hetero) is 3. The maximum absolute atomic E-state index is 12.6. The van der Waals surface area contributed by atoms with Crippen molar-refractivity contribution in [2.24, 2.45) is 11.8 Å². The summed E-state index contributed by atoms with van der Waals surface area (Å²) in [5, 5.41) is 36.4. The molecule has 0 spiro atoms. The van der Waals surface area contributed by atoms with Gasteiger partial charge in [0.2, 0.25) is 0 Å². The Kier molecular flexibility index (Phi) is 35.3. The first-order valence-corrected chi connectivity index (χ1v) is 33.9. The summed E-state index contributed by atoms with van der Waals surface area (Å²) in [4.78, 5) is 89.5. The maximum atomic E-state index is 12.6. The van der Waals surface area contributed by atoms with Crippen molar-refractivity contribution in [1.82, 2.24) is 48.3 Å². The predicted octanol–water partition coefficient (Wildman–Crippen LogP) is 15.8. The molecule has 100 heavy (non-hydrogen) atoms. The van der Waals surface area contributed by atoms with Gasteiger partial charge in [-0.15, -0.1) is 0 Å². The van der Waals surface area contributed by atoms with E-state index < -0.39 is 13.1 Å². The van der Waals surface area contributed by atoms with E-state index >= 15 is 0 Å². The molecule has 7 N–H and O–H groups in total. The smallest absolute Gasteiger partial charge is 0.448 e. The summed E-state index contributed by atoms with van der Waals surface area (Å²) >= 11 is 2.27. The average molecular weight is 1710 g/mol. The fourth-order valence-electron chi connectivity index (χ4n) is 11.8. The molecule has 0 aliphatic carbocycles. The number of aromatic carboxylic acids is 1. The van der Waals surface area contributed by atoms with Gasteiger partial charge in [-0.3, -0.25) is 19.2 Å². The number of fused-ring (bicyclic) bond motifs is 5. The van der Waals surface area contributed by atoms with E-state index in [1.54, 1.807) is 42.7 Å². The summed E-state index contributed by atoms with van der Waals surface area (Å²) in [5.41, 5.74) is 13.4. The molecule has 5 aromatic carbocycles. The van der Waals surface area contributed by atoms with Crippen molar-refractivity contribution >= 4 is 154 Å². The van der Waals surface area contributed by atoms with Crippen molar-refractivity contribution in [3.8, 4) is 0 Å². The first-order valence-electron chi connectivity index (χ1n) is 33.3. The third-order valence-corrected chi connectivity index (χ3v) is 19.4. The van der Waals surface area contributed by atoms with Crippen LogP contribution in [0.5, 0.6) is 0 Å². The van der Waals surface area contributed by atoms with E-state index in [0.29, 0.717) is 17.6 Å². The molecule has 20 nitrogen and oxygen atoms in total. The van der Waals surface area contributed by atoms with Crippen LogP contribution in [-0.2, 0) is 75.0 Å². The molecule has 4 fully saturated rings. The molecule has 554 valence electrons. The van der Waals surface area contributed by atoms with Crippen LogP contribution in [0.25, 0.3) is 54.5 Å². The van der Waals surface area contributed by atoms with Gasteiger partial charge < -0.3 is 73.1 Å². The topological polar surface area (TPSA) is 260 Å². The van der Waals surface area contributed by atoms with Gasteiger partial charge in [-0.2, -0.15) is 12.8 Å². The van der Waals surface area contributed by atoms with Crippen molar-refractivity contribution in [3.63, 3.8) is 0 Å². The first kappa shape index (κ1) is 85.5. The average Bonchev–Trinajstić information content (AvgIpc) is 1.54. The summed E-state index contributed by atoms with van der Waals surface area (Å²) in [6, 6.07) is 28.9. The second-order valence-electron chi connectivity index (χ2n) is 24.6. The van der Waals surface area contributed by atoms with Gasteiger partial charge in [0.1, 0.15) is 0 Å². The molecule has 5 atom stereocenters. The Labute approximate surface area is 680 Å². The number of hydrogen-bond donors (Lipinski definition) is 7. The van der Waals surface area contributed by atoms with Crippen molar-refractivity contribution < 1.29 is 134 Å². The minimum Gasteiger partial charge on any atom is -0.520 e. The Morgan fingerprint density at radius 1 is 0.580 bits per heavy atom. The number of hydrogen-bond acceptors (Lipinski definition) is 11. The minimum absolute atomic E-state index is 0. The first-order chi connectivity index (χ1) is 47.2. The SMILES string of the molecule is C.C.C.CB(O)O.CC(=O)c1ccc2[nH]cc(C)c2c1.CC(=O)c1ccc2c(c1)c(C)cn2P.CC(=O)c1ccc2c(c1)c(I)cn2P.Cc1c[nH]c2ccc(C(=O)N3CC(NC4CCN([C-]=O)C4)C3)cc12.Cc1cn(P)c2ccc(C(=O)O)cc12.O=[C-]N1CCC(CC2CNC2)C1.[2HH].[2H][2H].[2H][2H].[HH].[HH].[HH].[HH].[HH].[HH].[HH].[HH].[HH].[Y].[Y]. The number of carboxylic acid groups (broad SMARTS) is 1. The maximum Gasteiger partial charge on any atom is 0.448 e. The van der Waals surface area contributed by atoms with Gasteiger partial charge in [0.25, 0.3) is 5.91 Å². The number of H-pyrrole nitrogens is 2. The largest absolute Gasteiger partial charge is 0.520 e. The number of halogens is 1. The van der Waals surface area contributed by atoms with Crippen molar-refractivity contribution in [2.75, 3.05) is 52.4 Å². The van der Waals surface area contributed by atoms with E-state index in [2.05, 4.69) is 71.4 Å². The second-order valence-corrected chi connectivity index (χ2v) is 27.5. The molecule has 10 aromatic rings. The summed E-state index contributed by atoms with van der Waals surface area (Å²) in [5.74, 6) is 1.16. The van der Waals surface area contributed by atoms with Gasteiger partial charge in [0.05, 0.1) is 22.1 Å². The molecular formula is C73H119BIN10O10P3Y2-2. The normalized spacial score (nSPS) is 15.1. The molecule has 3 amide bonds. The third-order valence-electron chi connectivity index (χ3n) is 17.2. The number of ketones is 3. The standard InChI is InChI=1S/C18H21N4O2.C11H12NOP.C11H11NO.C10H9INOP.C10H10NO2P.C9H15N2O.CH5BO2.3CH4.2Y.12H2/c1-12-7-19-17-3-2-13(6-16(12)17)18(24)22-9-15(10-22)20-14-4-5-21(8-14)11-23;1-7-6-12(14)11-4-3-9(8(2)13)5-10(7)11;1-7-6-12-11-4-3-9(8(2)13)5-10(7)11;1-6(13)7-2-3-10-8(4-7)9(11)5-12(10)14;1-6-5-11(14)9-3-2-7(10(12)13)4-8(6)9;12-7-11-2-1-8(6-11)3-9-4-10-5-9;1-2(3)4;;;;;;;;;;;;;;;;;/h2-3,6-7,14-15,19-20H,4-5,8-10H2,1H3;3-6H,14H2,1-2H3;3-6,12H,1-2H3;2-5H,14H2,1H3;2-5H,14H2,1H3,(H,12,13);8-10H,1-6H2;3-4H,1H3;3*1H4;;;12*1H/q-1;;;;;-1;;;;;;;;;;;;;;;;;;/i;;;;;;;;;;;;2*1+1D;1+1;;;;;;;;;. The summed E-state index contributed by atoms with van der Waals surface area (Å²) in [6.45, 7) is 21.3. The van der Waals surface area contributed by atoms with Crippen LogP contribution in [-0.4, -0.2) is 166 Å². The second kappa shape index (κ2) is 41.3. The predicted molar refractivity (Wildman–Crippen MR) is 443 cm³/mol. The van der Waals surface area contributed by atoms with E-state index in [1.807, 2.05) is 168 Å².